The summed E-state index contributed by atoms with van der Waals surface area (Å²) in [5.74, 6) is 0.859. The maximum Gasteiger partial charge on any atom is 0.249 e. The van der Waals surface area contributed by atoms with Crippen molar-refractivity contribution in [2.45, 2.75) is 46.1 Å². The van der Waals surface area contributed by atoms with Gasteiger partial charge >= 0.3 is 0 Å². The average molecular weight is 224 g/mol. The minimum absolute atomic E-state index is 0.171. The summed E-state index contributed by atoms with van der Waals surface area (Å²) in [6, 6.07) is 0.233. The van der Waals surface area contributed by atoms with Crippen molar-refractivity contribution >= 4 is 5.91 Å². The van der Waals surface area contributed by atoms with Crippen LogP contribution in [0.1, 0.15) is 40.0 Å². The largest absolute Gasteiger partial charge is 0.335 e. The number of nitrogens with two attached hydrogens (primary N) is 1. The van der Waals surface area contributed by atoms with Crippen LogP contribution in [0.5, 0.6) is 0 Å². The number of hydrogen-bond donors (Lipinski definition) is 1. The van der Waals surface area contributed by atoms with Gasteiger partial charge in [0.1, 0.15) is 0 Å². The quantitative estimate of drug-likeness (QED) is 0.745. The Kier molecular flexibility index (Phi) is 5.00. The maximum absolute atomic E-state index is 12.2. The fraction of sp³-hybridized carbons (Fsp3) is 0.769. The molecule has 92 valence electrons. The molecule has 1 saturated heterocycles. The third kappa shape index (κ3) is 3.08. The third-order valence-corrected chi connectivity index (χ3v) is 3.36. The van der Waals surface area contributed by atoms with Gasteiger partial charge in [0.25, 0.3) is 0 Å². The first-order valence-electron chi connectivity index (χ1n) is 6.27. The van der Waals surface area contributed by atoms with Gasteiger partial charge in [0.15, 0.2) is 0 Å². The first kappa shape index (κ1) is 13.2. The number of likely N-dealkylation sites (tertiary alicyclic amines) is 1. The van der Waals surface area contributed by atoms with Crippen LogP contribution in [0.15, 0.2) is 11.6 Å². The van der Waals surface area contributed by atoms with E-state index in [1.165, 1.54) is 0 Å². The van der Waals surface area contributed by atoms with Gasteiger partial charge in [-0.1, -0.05) is 19.9 Å². The zero-order chi connectivity index (χ0) is 12.1. The lowest BCUT2D eigenvalue weighted by molar-refractivity contribution is -0.131. The van der Waals surface area contributed by atoms with Gasteiger partial charge in [-0.2, -0.15) is 0 Å². The van der Waals surface area contributed by atoms with Gasteiger partial charge in [-0.05, 0) is 32.1 Å². The number of hydrogen-bond acceptors (Lipinski definition) is 2. The fourth-order valence-electron chi connectivity index (χ4n) is 2.36. The third-order valence-electron chi connectivity index (χ3n) is 3.36. The smallest absolute Gasteiger partial charge is 0.249 e. The number of amides is 1. The Morgan fingerprint density at radius 1 is 1.56 bits per heavy atom. The van der Waals surface area contributed by atoms with E-state index in [4.69, 9.17) is 5.73 Å². The van der Waals surface area contributed by atoms with Crippen LogP contribution in [0.4, 0.5) is 0 Å². The fourth-order valence-corrected chi connectivity index (χ4v) is 2.36. The van der Waals surface area contributed by atoms with E-state index in [2.05, 4.69) is 13.8 Å². The van der Waals surface area contributed by atoms with Crippen molar-refractivity contribution in [1.82, 2.24) is 4.90 Å². The Hall–Kier alpha value is -0.830. The molecule has 0 spiro atoms. The Morgan fingerprint density at radius 2 is 2.25 bits per heavy atom. The highest BCUT2D eigenvalue weighted by Gasteiger charge is 2.29. The predicted molar refractivity (Wildman–Crippen MR) is 67.0 cm³/mol. The van der Waals surface area contributed by atoms with Gasteiger partial charge in [-0.15, -0.1) is 0 Å². The first-order valence-corrected chi connectivity index (χ1v) is 6.27. The molecular formula is C13H24N2O. The Labute approximate surface area is 98.7 Å². The first-order chi connectivity index (χ1) is 7.60. The summed E-state index contributed by atoms with van der Waals surface area (Å²) in [5, 5.41) is 0. The van der Waals surface area contributed by atoms with E-state index < -0.39 is 0 Å². The SMILES string of the molecule is CC/C=C(/C)C(=O)N1CCC(C)CC1CN. The number of piperidine rings is 1. The summed E-state index contributed by atoms with van der Waals surface area (Å²) < 4.78 is 0. The molecule has 2 unspecified atom stereocenters. The Morgan fingerprint density at radius 3 is 2.81 bits per heavy atom. The minimum atomic E-state index is 0.171. The van der Waals surface area contributed by atoms with Crippen LogP contribution in [-0.2, 0) is 4.79 Å². The molecule has 16 heavy (non-hydrogen) atoms. The second kappa shape index (κ2) is 6.04. The highest BCUT2D eigenvalue weighted by molar-refractivity contribution is 5.93. The molecule has 1 amide bonds. The molecule has 3 heteroatoms. The molecule has 1 aliphatic heterocycles. The molecule has 0 aromatic heterocycles. The van der Waals surface area contributed by atoms with Crippen molar-refractivity contribution < 1.29 is 4.79 Å². The van der Waals surface area contributed by atoms with Gasteiger partial charge < -0.3 is 10.6 Å². The minimum Gasteiger partial charge on any atom is -0.335 e. The molecule has 1 fully saturated rings. The van der Waals surface area contributed by atoms with Crippen molar-refractivity contribution in [3.63, 3.8) is 0 Å². The summed E-state index contributed by atoms with van der Waals surface area (Å²) in [7, 11) is 0. The number of allylic oxidation sites excluding steroid dienone is 1. The van der Waals surface area contributed by atoms with Crippen molar-refractivity contribution in [1.29, 1.82) is 0 Å². The molecule has 0 saturated carbocycles. The summed E-state index contributed by atoms with van der Waals surface area (Å²) >= 11 is 0. The van der Waals surface area contributed by atoms with Crippen LogP contribution in [0.2, 0.25) is 0 Å². The number of carbonyl (C=O) groups is 1. The highest BCUT2D eigenvalue weighted by atomic mass is 16.2. The summed E-state index contributed by atoms with van der Waals surface area (Å²) in [6.07, 6.45) is 5.05. The van der Waals surface area contributed by atoms with Gasteiger partial charge in [-0.25, -0.2) is 0 Å². The molecule has 2 N–H and O–H groups in total. The van der Waals surface area contributed by atoms with Crippen molar-refractivity contribution in [2.75, 3.05) is 13.1 Å². The van der Waals surface area contributed by atoms with E-state index in [1.54, 1.807) is 0 Å². The zero-order valence-corrected chi connectivity index (χ0v) is 10.7. The summed E-state index contributed by atoms with van der Waals surface area (Å²) in [4.78, 5) is 14.1. The highest BCUT2D eigenvalue weighted by Crippen LogP contribution is 2.23. The van der Waals surface area contributed by atoms with E-state index in [-0.39, 0.29) is 11.9 Å². The Balaban J connectivity index is 2.70. The second-order valence-corrected chi connectivity index (χ2v) is 4.81. The lowest BCUT2D eigenvalue weighted by atomic mass is 9.92. The predicted octanol–water partition coefficient (Wildman–Crippen LogP) is 1.93. The van der Waals surface area contributed by atoms with Gasteiger partial charge in [0.2, 0.25) is 5.91 Å². The van der Waals surface area contributed by atoms with E-state index in [0.29, 0.717) is 12.5 Å². The molecule has 1 heterocycles. The number of carbonyl (C=O) groups excluding carboxylic acids is 1. The molecule has 0 bridgehead atoms. The van der Waals surface area contributed by atoms with Crippen LogP contribution in [0.25, 0.3) is 0 Å². The average Bonchev–Trinajstić information content (AvgIpc) is 2.28. The monoisotopic (exact) mass is 224 g/mol. The molecule has 0 aromatic rings. The lowest BCUT2D eigenvalue weighted by Crippen LogP contribution is -2.49. The summed E-state index contributed by atoms with van der Waals surface area (Å²) in [5.41, 5.74) is 6.61. The van der Waals surface area contributed by atoms with E-state index in [0.717, 1.165) is 31.4 Å². The van der Waals surface area contributed by atoms with Crippen LogP contribution in [0, 0.1) is 5.92 Å². The van der Waals surface area contributed by atoms with Gasteiger partial charge in [0, 0.05) is 24.7 Å². The van der Waals surface area contributed by atoms with Crippen LogP contribution >= 0.6 is 0 Å². The van der Waals surface area contributed by atoms with Crippen molar-refractivity contribution in [3.05, 3.63) is 11.6 Å². The summed E-state index contributed by atoms with van der Waals surface area (Å²) in [6.45, 7) is 7.62. The van der Waals surface area contributed by atoms with Crippen LogP contribution in [-0.4, -0.2) is 29.9 Å². The molecule has 1 rings (SSSR count). The Bertz CT molecular complexity index is 273. The standard InChI is InChI=1S/C13H24N2O/c1-4-5-11(3)13(16)15-7-6-10(2)8-12(15)9-14/h5,10,12H,4,6-9,14H2,1-3H3/b11-5-. The van der Waals surface area contributed by atoms with E-state index in [1.807, 2.05) is 17.9 Å². The van der Waals surface area contributed by atoms with Gasteiger partial charge in [0.05, 0.1) is 0 Å². The lowest BCUT2D eigenvalue weighted by Gasteiger charge is -2.38. The maximum atomic E-state index is 12.2. The molecular weight excluding hydrogens is 200 g/mol. The van der Waals surface area contributed by atoms with Crippen molar-refractivity contribution in [3.8, 4) is 0 Å². The van der Waals surface area contributed by atoms with E-state index >= 15 is 0 Å². The van der Waals surface area contributed by atoms with Gasteiger partial charge in [-0.3, -0.25) is 4.79 Å². The molecule has 0 aliphatic carbocycles. The number of nitrogens with zero attached hydrogens (tertiary/aromatic N) is 1. The topological polar surface area (TPSA) is 46.3 Å². The molecule has 0 aromatic carbocycles. The van der Waals surface area contributed by atoms with Crippen LogP contribution in [0.3, 0.4) is 0 Å². The van der Waals surface area contributed by atoms with Crippen molar-refractivity contribution in [2.24, 2.45) is 11.7 Å². The molecule has 0 radical (unpaired) electrons. The molecule has 1 aliphatic rings. The zero-order valence-electron chi connectivity index (χ0n) is 10.7. The molecule has 2 atom stereocenters. The van der Waals surface area contributed by atoms with E-state index in [9.17, 15) is 4.79 Å². The molecule has 3 nitrogen and oxygen atoms in total. The van der Waals surface area contributed by atoms with Crippen LogP contribution < -0.4 is 5.73 Å². The second-order valence-electron chi connectivity index (χ2n) is 4.81. The normalized spacial score (nSPS) is 27.0. The number of rotatable bonds is 3.